The molecule has 0 aliphatic carbocycles. The number of nitrogens with zero attached hydrogens (tertiary/aromatic N) is 5. The molecule has 12 heteroatoms. The Kier molecular flexibility index (Phi) is 6.53. The number of rotatable bonds is 6. The zero-order valence-electron chi connectivity index (χ0n) is 21.8. The summed E-state index contributed by atoms with van der Waals surface area (Å²) in [6, 6.07) is 11.7. The first kappa shape index (κ1) is 25.7. The number of fused-ring (bicyclic) bond motifs is 1. The van der Waals surface area contributed by atoms with E-state index in [2.05, 4.69) is 34.6 Å². The minimum Gasteiger partial charge on any atom is -0.481 e. The van der Waals surface area contributed by atoms with Gasteiger partial charge in [0.2, 0.25) is 5.88 Å². The number of anilines is 1. The lowest BCUT2D eigenvalue weighted by Gasteiger charge is -2.32. The van der Waals surface area contributed by atoms with Gasteiger partial charge in [-0.25, -0.2) is 19.9 Å². The van der Waals surface area contributed by atoms with E-state index in [0.29, 0.717) is 17.1 Å². The highest BCUT2D eigenvalue weighted by molar-refractivity contribution is 5.92. The second kappa shape index (κ2) is 10.2. The number of benzene rings is 1. The van der Waals surface area contributed by atoms with Crippen LogP contribution in [0.1, 0.15) is 30.3 Å². The second-order valence-electron chi connectivity index (χ2n) is 9.66. The van der Waals surface area contributed by atoms with Crippen LogP contribution in [0.2, 0.25) is 0 Å². The number of hydrogen-bond donors (Lipinski definition) is 2. The van der Waals surface area contributed by atoms with Gasteiger partial charge in [-0.3, -0.25) is 0 Å². The number of aromatic nitrogens is 6. The topological polar surface area (TPSA) is 105 Å². The van der Waals surface area contributed by atoms with Crippen molar-refractivity contribution < 1.29 is 22.6 Å². The van der Waals surface area contributed by atoms with Gasteiger partial charge in [-0.2, -0.15) is 0 Å². The Morgan fingerprint density at radius 1 is 0.975 bits per heavy atom. The van der Waals surface area contributed by atoms with E-state index in [-0.39, 0.29) is 11.7 Å². The predicted octanol–water partition coefficient (Wildman–Crippen LogP) is 6.01. The number of aromatic amines is 2. The quantitative estimate of drug-likeness (QED) is 0.267. The number of ether oxygens (including phenoxy) is 2. The minimum atomic E-state index is -4.75. The van der Waals surface area contributed by atoms with Crippen molar-refractivity contribution in [3.8, 4) is 34.1 Å². The van der Waals surface area contributed by atoms with Crippen molar-refractivity contribution in [1.29, 1.82) is 0 Å². The molecule has 0 unspecified atom stereocenters. The van der Waals surface area contributed by atoms with E-state index < -0.39 is 6.36 Å². The highest BCUT2D eigenvalue weighted by atomic mass is 19.4. The molecule has 0 radical (unpaired) electrons. The van der Waals surface area contributed by atoms with E-state index >= 15 is 0 Å². The smallest absolute Gasteiger partial charge is 0.481 e. The number of hydrogen-bond acceptors (Lipinski definition) is 7. The molecule has 1 saturated heterocycles. The molecule has 2 N–H and O–H groups in total. The van der Waals surface area contributed by atoms with Crippen molar-refractivity contribution in [2.75, 3.05) is 25.1 Å². The summed E-state index contributed by atoms with van der Waals surface area (Å²) in [6.07, 6.45) is 0.200. The first-order chi connectivity index (χ1) is 19.3. The Morgan fingerprint density at radius 2 is 1.80 bits per heavy atom. The summed E-state index contributed by atoms with van der Waals surface area (Å²) in [5.41, 5.74) is 4.57. The number of H-pyrrole nitrogens is 2. The third kappa shape index (κ3) is 5.16. The molecule has 9 nitrogen and oxygen atoms in total. The summed E-state index contributed by atoms with van der Waals surface area (Å²) in [4.78, 5) is 27.0. The van der Waals surface area contributed by atoms with E-state index in [1.807, 2.05) is 25.1 Å². The number of pyridine rings is 1. The van der Waals surface area contributed by atoms with Gasteiger partial charge in [-0.15, -0.1) is 13.2 Å². The van der Waals surface area contributed by atoms with Crippen LogP contribution in [-0.4, -0.2) is 56.5 Å². The van der Waals surface area contributed by atoms with Gasteiger partial charge >= 0.3 is 6.36 Å². The lowest BCUT2D eigenvalue weighted by atomic mass is 9.96. The molecule has 1 aliphatic rings. The Balaban J connectivity index is 1.19. The number of methoxy groups -OCH3 is 1. The summed E-state index contributed by atoms with van der Waals surface area (Å²) < 4.78 is 47.4. The van der Waals surface area contributed by atoms with Gasteiger partial charge in [-0.1, -0.05) is 12.1 Å². The van der Waals surface area contributed by atoms with Crippen LogP contribution in [0.5, 0.6) is 11.6 Å². The van der Waals surface area contributed by atoms with Crippen LogP contribution in [0.25, 0.3) is 33.5 Å². The molecule has 5 aromatic rings. The van der Waals surface area contributed by atoms with Crippen molar-refractivity contribution >= 4 is 16.9 Å². The van der Waals surface area contributed by atoms with Crippen molar-refractivity contribution in [3.05, 3.63) is 66.5 Å². The van der Waals surface area contributed by atoms with Gasteiger partial charge < -0.3 is 24.3 Å². The molecule has 5 heterocycles. The van der Waals surface area contributed by atoms with Crippen LogP contribution >= 0.6 is 0 Å². The molecule has 6 rings (SSSR count). The standard InChI is InChI=1S/C28H26F3N7O2/c1-16-24(19-4-3-5-20(12-19)40-28(29,30)31)37-25(35-16)17-7-10-38(11-8-17)27-21-14-22(36-26(21)33-15-34-27)18-6-9-32-23(13-18)39-2/h3-6,9,12-15,17H,7-8,10-11H2,1-2H3,(H,35,37)(H,33,34,36). The molecule has 0 bridgehead atoms. The molecule has 1 aliphatic heterocycles. The summed E-state index contributed by atoms with van der Waals surface area (Å²) in [6.45, 7) is 3.41. The first-order valence-corrected chi connectivity index (χ1v) is 12.8. The number of aryl methyl sites for hydroxylation is 1. The highest BCUT2D eigenvalue weighted by Crippen LogP contribution is 2.35. The van der Waals surface area contributed by atoms with Crippen LogP contribution < -0.4 is 14.4 Å². The van der Waals surface area contributed by atoms with Crippen molar-refractivity contribution in [3.63, 3.8) is 0 Å². The maximum Gasteiger partial charge on any atom is 0.573 e. The number of nitrogens with one attached hydrogen (secondary N) is 2. The van der Waals surface area contributed by atoms with Crippen LogP contribution in [0, 0.1) is 6.92 Å². The average Bonchev–Trinajstić information content (AvgIpc) is 3.56. The Morgan fingerprint density at radius 3 is 2.58 bits per heavy atom. The Hall–Kier alpha value is -4.61. The number of alkyl halides is 3. The first-order valence-electron chi connectivity index (χ1n) is 12.8. The minimum absolute atomic E-state index is 0.182. The fourth-order valence-electron chi connectivity index (χ4n) is 5.19. The van der Waals surface area contributed by atoms with Crippen LogP contribution in [-0.2, 0) is 0 Å². The monoisotopic (exact) mass is 549 g/mol. The molecule has 0 amide bonds. The van der Waals surface area contributed by atoms with Crippen molar-refractivity contribution in [2.45, 2.75) is 32.0 Å². The summed E-state index contributed by atoms with van der Waals surface area (Å²) in [5.74, 6) is 2.14. The SMILES string of the molecule is COc1cc(-c2cc3c(N4CCC(c5nc(-c6cccc(OC(F)(F)F)c6)c(C)[nH]5)CC4)ncnc3[nH]2)ccn1. The van der Waals surface area contributed by atoms with Crippen LogP contribution in [0.3, 0.4) is 0 Å². The van der Waals surface area contributed by atoms with Crippen molar-refractivity contribution in [2.24, 2.45) is 0 Å². The predicted molar refractivity (Wildman–Crippen MR) is 143 cm³/mol. The van der Waals surface area contributed by atoms with Gasteiger partial charge in [0.1, 0.15) is 29.4 Å². The van der Waals surface area contributed by atoms with E-state index in [1.54, 1.807) is 25.7 Å². The molecule has 0 atom stereocenters. The van der Waals surface area contributed by atoms with Gasteiger partial charge in [-0.05, 0) is 44.0 Å². The number of imidazole rings is 1. The Labute approximate surface area is 227 Å². The molecular weight excluding hydrogens is 523 g/mol. The van der Waals surface area contributed by atoms with Gasteiger partial charge in [0.15, 0.2) is 0 Å². The van der Waals surface area contributed by atoms with E-state index in [4.69, 9.17) is 9.72 Å². The largest absolute Gasteiger partial charge is 0.573 e. The summed E-state index contributed by atoms with van der Waals surface area (Å²) in [7, 11) is 1.58. The molecule has 40 heavy (non-hydrogen) atoms. The third-order valence-corrected chi connectivity index (χ3v) is 7.08. The molecule has 1 aromatic carbocycles. The molecule has 206 valence electrons. The fourth-order valence-corrected chi connectivity index (χ4v) is 5.19. The normalized spacial score (nSPS) is 14.6. The van der Waals surface area contributed by atoms with E-state index in [9.17, 15) is 13.2 Å². The van der Waals surface area contributed by atoms with E-state index in [1.165, 1.54) is 18.2 Å². The number of piperidine rings is 1. The molecule has 1 fully saturated rings. The maximum absolute atomic E-state index is 12.7. The van der Waals surface area contributed by atoms with Crippen LogP contribution in [0.4, 0.5) is 19.0 Å². The van der Waals surface area contributed by atoms with Crippen molar-refractivity contribution in [1.82, 2.24) is 29.9 Å². The van der Waals surface area contributed by atoms with Crippen LogP contribution in [0.15, 0.2) is 55.0 Å². The summed E-state index contributed by atoms with van der Waals surface area (Å²) >= 11 is 0. The molecular formula is C28H26F3N7O2. The van der Waals surface area contributed by atoms with Gasteiger partial charge in [0.25, 0.3) is 0 Å². The maximum atomic E-state index is 12.7. The summed E-state index contributed by atoms with van der Waals surface area (Å²) in [5, 5.41) is 0.934. The molecule has 4 aromatic heterocycles. The zero-order chi connectivity index (χ0) is 27.9. The zero-order valence-corrected chi connectivity index (χ0v) is 21.8. The molecule has 0 saturated carbocycles. The number of halogens is 3. The van der Waals surface area contributed by atoms with Gasteiger partial charge in [0, 0.05) is 53.8 Å². The van der Waals surface area contributed by atoms with Gasteiger partial charge in [0.05, 0.1) is 18.2 Å². The molecule has 0 spiro atoms. The average molecular weight is 550 g/mol. The second-order valence-corrected chi connectivity index (χ2v) is 9.66. The van der Waals surface area contributed by atoms with E-state index in [0.717, 1.165) is 65.6 Å². The lowest BCUT2D eigenvalue weighted by molar-refractivity contribution is -0.274. The lowest BCUT2D eigenvalue weighted by Crippen LogP contribution is -2.33. The third-order valence-electron chi connectivity index (χ3n) is 7.08. The highest BCUT2D eigenvalue weighted by Gasteiger charge is 2.31. The Bertz CT molecular complexity index is 1660. The fraction of sp³-hybridized carbons (Fsp3) is 0.286.